The number of anilines is 1. The van der Waals surface area contributed by atoms with Crippen LogP contribution in [-0.4, -0.2) is 29.3 Å². The summed E-state index contributed by atoms with van der Waals surface area (Å²) in [5.74, 6) is 0. The maximum absolute atomic E-state index is 8.93. The fourth-order valence-corrected chi connectivity index (χ4v) is 2.63. The average Bonchev–Trinajstić information content (AvgIpc) is 2.84. The summed E-state index contributed by atoms with van der Waals surface area (Å²) in [7, 11) is 0. The van der Waals surface area contributed by atoms with E-state index in [9.17, 15) is 0 Å². The van der Waals surface area contributed by atoms with Crippen LogP contribution in [0.1, 0.15) is 31.4 Å². The van der Waals surface area contributed by atoms with Crippen LogP contribution in [0.5, 0.6) is 0 Å². The van der Waals surface area contributed by atoms with Crippen LogP contribution in [0.2, 0.25) is 0 Å². The molecule has 1 aromatic rings. The summed E-state index contributed by atoms with van der Waals surface area (Å²) in [6.45, 7) is 1.84. The predicted octanol–water partition coefficient (Wildman–Crippen LogP) is 1.28. The van der Waals surface area contributed by atoms with Crippen molar-refractivity contribution in [3.8, 4) is 0 Å². The number of rotatable bonds is 5. The molecule has 1 saturated heterocycles. The zero-order valence-corrected chi connectivity index (χ0v) is 10.2. The van der Waals surface area contributed by atoms with Gasteiger partial charge in [0.15, 0.2) is 0 Å². The molecular weight excluding hydrogens is 214 g/mol. The molecule has 17 heavy (non-hydrogen) atoms. The Morgan fingerprint density at radius 3 is 3.18 bits per heavy atom. The van der Waals surface area contributed by atoms with Crippen molar-refractivity contribution in [2.24, 2.45) is 5.73 Å². The Bertz CT molecular complexity index is 356. The molecule has 4 heteroatoms. The monoisotopic (exact) mass is 235 g/mol. The summed E-state index contributed by atoms with van der Waals surface area (Å²) in [4.78, 5) is 6.75. The molecule has 2 heterocycles. The minimum atomic E-state index is 0.279. The van der Waals surface area contributed by atoms with E-state index in [-0.39, 0.29) is 6.61 Å². The second-order valence-electron chi connectivity index (χ2n) is 4.53. The molecule has 1 atom stereocenters. The third kappa shape index (κ3) is 2.76. The van der Waals surface area contributed by atoms with Gasteiger partial charge in [-0.25, -0.2) is 0 Å². The lowest BCUT2D eigenvalue weighted by molar-refractivity contribution is 0.279. The SMILES string of the molecule is NCc1ncccc1N1CCCC1CCCO. The molecule has 0 radical (unpaired) electrons. The second kappa shape index (κ2) is 5.98. The molecule has 0 bridgehead atoms. The van der Waals surface area contributed by atoms with Crippen LogP contribution in [0, 0.1) is 0 Å². The van der Waals surface area contributed by atoms with E-state index in [1.807, 2.05) is 6.07 Å². The number of nitrogens with zero attached hydrogens (tertiary/aromatic N) is 2. The van der Waals surface area contributed by atoms with Crippen LogP contribution in [0.25, 0.3) is 0 Å². The smallest absolute Gasteiger partial charge is 0.0772 e. The van der Waals surface area contributed by atoms with E-state index < -0.39 is 0 Å². The summed E-state index contributed by atoms with van der Waals surface area (Å²) in [6.07, 6.45) is 6.15. The summed E-state index contributed by atoms with van der Waals surface area (Å²) >= 11 is 0. The Balaban J connectivity index is 2.14. The van der Waals surface area contributed by atoms with Gasteiger partial charge in [0.25, 0.3) is 0 Å². The lowest BCUT2D eigenvalue weighted by Gasteiger charge is -2.28. The van der Waals surface area contributed by atoms with Crippen LogP contribution in [0.15, 0.2) is 18.3 Å². The van der Waals surface area contributed by atoms with Gasteiger partial charge < -0.3 is 15.7 Å². The van der Waals surface area contributed by atoms with Gasteiger partial charge in [0.2, 0.25) is 0 Å². The lowest BCUT2D eigenvalue weighted by atomic mass is 10.1. The van der Waals surface area contributed by atoms with Gasteiger partial charge in [-0.15, -0.1) is 0 Å². The van der Waals surface area contributed by atoms with Crippen molar-refractivity contribution in [1.29, 1.82) is 0 Å². The van der Waals surface area contributed by atoms with Crippen LogP contribution in [0.3, 0.4) is 0 Å². The zero-order chi connectivity index (χ0) is 12.1. The number of hydrogen-bond donors (Lipinski definition) is 2. The minimum absolute atomic E-state index is 0.279. The number of aliphatic hydroxyl groups is 1. The van der Waals surface area contributed by atoms with Crippen molar-refractivity contribution in [3.05, 3.63) is 24.0 Å². The zero-order valence-electron chi connectivity index (χ0n) is 10.2. The molecule has 0 spiro atoms. The number of pyridine rings is 1. The number of aliphatic hydroxyl groups excluding tert-OH is 1. The number of hydrogen-bond acceptors (Lipinski definition) is 4. The van der Waals surface area contributed by atoms with Crippen molar-refractivity contribution in [1.82, 2.24) is 4.98 Å². The molecule has 0 aromatic carbocycles. The molecule has 0 saturated carbocycles. The van der Waals surface area contributed by atoms with E-state index in [4.69, 9.17) is 10.8 Å². The van der Waals surface area contributed by atoms with Crippen LogP contribution in [-0.2, 0) is 6.54 Å². The van der Waals surface area contributed by atoms with Gasteiger partial charge >= 0.3 is 0 Å². The Morgan fingerprint density at radius 2 is 2.41 bits per heavy atom. The third-order valence-electron chi connectivity index (χ3n) is 3.44. The van der Waals surface area contributed by atoms with Crippen molar-refractivity contribution in [2.75, 3.05) is 18.1 Å². The van der Waals surface area contributed by atoms with Crippen molar-refractivity contribution in [2.45, 2.75) is 38.3 Å². The van der Waals surface area contributed by atoms with Crippen molar-refractivity contribution in [3.63, 3.8) is 0 Å². The minimum Gasteiger partial charge on any atom is -0.396 e. The lowest BCUT2D eigenvalue weighted by Crippen LogP contribution is -2.30. The normalized spacial score (nSPS) is 19.9. The first-order valence-electron chi connectivity index (χ1n) is 6.38. The predicted molar refractivity (Wildman–Crippen MR) is 68.8 cm³/mol. The first-order valence-corrected chi connectivity index (χ1v) is 6.38. The third-order valence-corrected chi connectivity index (χ3v) is 3.44. The highest BCUT2D eigenvalue weighted by Gasteiger charge is 2.25. The molecule has 1 aromatic heterocycles. The van der Waals surface area contributed by atoms with E-state index >= 15 is 0 Å². The highest BCUT2D eigenvalue weighted by Crippen LogP contribution is 2.29. The van der Waals surface area contributed by atoms with Gasteiger partial charge in [-0.1, -0.05) is 0 Å². The first-order chi connectivity index (χ1) is 8.36. The van der Waals surface area contributed by atoms with Crippen LogP contribution in [0.4, 0.5) is 5.69 Å². The molecule has 4 nitrogen and oxygen atoms in total. The van der Waals surface area contributed by atoms with E-state index in [2.05, 4.69) is 16.0 Å². The van der Waals surface area contributed by atoms with Gasteiger partial charge in [0.1, 0.15) is 0 Å². The average molecular weight is 235 g/mol. The van der Waals surface area contributed by atoms with E-state index in [0.717, 1.165) is 25.1 Å². The summed E-state index contributed by atoms with van der Waals surface area (Å²) in [5.41, 5.74) is 7.89. The molecule has 1 aliphatic rings. The summed E-state index contributed by atoms with van der Waals surface area (Å²) in [6, 6.07) is 4.61. The Kier molecular flexibility index (Phi) is 4.34. The maximum Gasteiger partial charge on any atom is 0.0772 e. The molecular formula is C13H21N3O. The molecule has 1 aliphatic heterocycles. The Labute approximate surface area is 102 Å². The van der Waals surface area contributed by atoms with Crippen molar-refractivity contribution < 1.29 is 5.11 Å². The molecule has 2 rings (SSSR count). The first kappa shape index (κ1) is 12.3. The molecule has 0 amide bonds. The highest BCUT2D eigenvalue weighted by atomic mass is 16.2. The van der Waals surface area contributed by atoms with Gasteiger partial charge in [-0.3, -0.25) is 4.98 Å². The quantitative estimate of drug-likeness (QED) is 0.807. The van der Waals surface area contributed by atoms with Crippen LogP contribution >= 0.6 is 0 Å². The highest BCUT2D eigenvalue weighted by molar-refractivity contribution is 5.52. The topological polar surface area (TPSA) is 62.4 Å². The van der Waals surface area contributed by atoms with Gasteiger partial charge in [0.05, 0.1) is 11.4 Å². The van der Waals surface area contributed by atoms with Gasteiger partial charge in [-0.2, -0.15) is 0 Å². The fraction of sp³-hybridized carbons (Fsp3) is 0.615. The van der Waals surface area contributed by atoms with Crippen LogP contribution < -0.4 is 10.6 Å². The molecule has 1 unspecified atom stereocenters. The molecule has 0 aliphatic carbocycles. The summed E-state index contributed by atoms with van der Waals surface area (Å²) < 4.78 is 0. The maximum atomic E-state index is 8.93. The molecule has 3 N–H and O–H groups in total. The van der Waals surface area contributed by atoms with E-state index in [0.29, 0.717) is 12.6 Å². The molecule has 94 valence electrons. The Morgan fingerprint density at radius 1 is 1.53 bits per heavy atom. The van der Waals surface area contributed by atoms with Crippen molar-refractivity contribution >= 4 is 5.69 Å². The Hall–Kier alpha value is -1.13. The number of aromatic nitrogens is 1. The fourth-order valence-electron chi connectivity index (χ4n) is 2.63. The standard InChI is InChI=1S/C13H21N3O/c14-10-12-13(6-1-7-15-12)16-8-2-4-11(16)5-3-9-17/h1,6-7,11,17H,2-5,8-10,14H2. The molecule has 1 fully saturated rings. The number of nitrogens with two attached hydrogens (primary N) is 1. The van der Waals surface area contributed by atoms with Gasteiger partial charge in [0, 0.05) is 31.9 Å². The summed E-state index contributed by atoms with van der Waals surface area (Å²) in [5, 5.41) is 8.93. The van der Waals surface area contributed by atoms with E-state index in [1.54, 1.807) is 6.20 Å². The van der Waals surface area contributed by atoms with Gasteiger partial charge in [-0.05, 0) is 37.8 Å². The van der Waals surface area contributed by atoms with E-state index in [1.165, 1.54) is 18.5 Å². The largest absolute Gasteiger partial charge is 0.396 e. The second-order valence-corrected chi connectivity index (χ2v) is 4.53.